The van der Waals surface area contributed by atoms with E-state index >= 15 is 0 Å². The SMILES string of the molecule is Cc1c(OC[C@H](C)O)nn(-c2ccccc2)c1NC(N)=O.Cl.Cl. The average molecular weight is 363 g/mol. The summed E-state index contributed by atoms with van der Waals surface area (Å²) in [4.78, 5) is 11.2. The molecule has 128 valence electrons. The van der Waals surface area contributed by atoms with Gasteiger partial charge in [-0.3, -0.25) is 5.32 Å². The Hall–Kier alpha value is -1.96. The lowest BCUT2D eigenvalue weighted by molar-refractivity contribution is 0.119. The van der Waals surface area contributed by atoms with Gasteiger partial charge in [0.15, 0.2) is 0 Å². The standard InChI is InChI=1S/C14H18N4O3.2ClH/c1-9(19)8-21-13-10(2)12(16-14(15)20)18(17-13)11-6-4-3-5-7-11;;/h3-7,9,19H,8H2,1-2H3,(H3,15,16,20);2*1H/t9-;;/m0../s1. The van der Waals surface area contributed by atoms with Crippen molar-refractivity contribution in [2.24, 2.45) is 5.73 Å². The van der Waals surface area contributed by atoms with Gasteiger partial charge in [0.2, 0.25) is 5.88 Å². The van der Waals surface area contributed by atoms with Gasteiger partial charge in [0, 0.05) is 0 Å². The number of nitrogens with zero attached hydrogens (tertiary/aromatic N) is 2. The fraction of sp³-hybridized carbons (Fsp3) is 0.286. The van der Waals surface area contributed by atoms with Crippen molar-refractivity contribution in [3.63, 3.8) is 0 Å². The van der Waals surface area contributed by atoms with Crippen LogP contribution in [0.2, 0.25) is 0 Å². The van der Waals surface area contributed by atoms with Gasteiger partial charge in [-0.15, -0.1) is 29.9 Å². The number of hydrogen-bond acceptors (Lipinski definition) is 4. The first-order chi connectivity index (χ1) is 9.99. The maximum atomic E-state index is 11.2. The van der Waals surface area contributed by atoms with Crippen LogP contribution >= 0.6 is 24.8 Å². The largest absolute Gasteiger partial charge is 0.474 e. The van der Waals surface area contributed by atoms with E-state index < -0.39 is 12.1 Å². The van der Waals surface area contributed by atoms with Gasteiger partial charge in [-0.1, -0.05) is 18.2 Å². The number of carbonyl (C=O) groups is 1. The zero-order valence-corrected chi connectivity index (χ0v) is 14.4. The molecular formula is C14H20Cl2N4O3. The van der Waals surface area contributed by atoms with Gasteiger partial charge in [-0.2, -0.15) is 0 Å². The highest BCUT2D eigenvalue weighted by Crippen LogP contribution is 2.28. The molecule has 0 fully saturated rings. The Morgan fingerprint density at radius 2 is 2.00 bits per heavy atom. The molecule has 1 atom stereocenters. The number of benzene rings is 1. The van der Waals surface area contributed by atoms with Crippen LogP contribution in [0, 0.1) is 6.92 Å². The van der Waals surface area contributed by atoms with Crippen LogP contribution in [0.5, 0.6) is 5.88 Å². The smallest absolute Gasteiger partial charge is 0.317 e. The zero-order chi connectivity index (χ0) is 15.4. The van der Waals surface area contributed by atoms with Crippen LogP contribution in [0.1, 0.15) is 12.5 Å². The minimum absolute atomic E-state index is 0. The number of rotatable bonds is 5. The van der Waals surface area contributed by atoms with Crippen molar-refractivity contribution >= 4 is 36.7 Å². The predicted octanol–water partition coefficient (Wildman–Crippen LogP) is 2.27. The number of primary amides is 1. The highest BCUT2D eigenvalue weighted by molar-refractivity contribution is 5.88. The fourth-order valence-corrected chi connectivity index (χ4v) is 1.83. The molecule has 0 aliphatic rings. The molecule has 0 saturated carbocycles. The third-order valence-corrected chi connectivity index (χ3v) is 2.78. The summed E-state index contributed by atoms with van der Waals surface area (Å²) in [6, 6.07) is 8.60. The van der Waals surface area contributed by atoms with E-state index in [1.807, 2.05) is 30.3 Å². The summed E-state index contributed by atoms with van der Waals surface area (Å²) < 4.78 is 6.99. The van der Waals surface area contributed by atoms with Crippen LogP contribution < -0.4 is 15.8 Å². The van der Waals surface area contributed by atoms with Gasteiger partial charge in [0.25, 0.3) is 0 Å². The van der Waals surface area contributed by atoms with Crippen molar-refractivity contribution in [2.75, 3.05) is 11.9 Å². The van der Waals surface area contributed by atoms with Crippen molar-refractivity contribution in [3.8, 4) is 11.6 Å². The number of carbonyl (C=O) groups excluding carboxylic acids is 1. The summed E-state index contributed by atoms with van der Waals surface area (Å²) in [5.74, 6) is 0.776. The predicted molar refractivity (Wildman–Crippen MR) is 93.2 cm³/mol. The number of aromatic nitrogens is 2. The number of aliphatic hydroxyl groups is 1. The molecule has 0 unspecified atom stereocenters. The van der Waals surface area contributed by atoms with Crippen molar-refractivity contribution < 1.29 is 14.6 Å². The molecule has 1 aromatic heterocycles. The molecule has 23 heavy (non-hydrogen) atoms. The molecular weight excluding hydrogens is 343 g/mol. The van der Waals surface area contributed by atoms with Crippen LogP contribution in [-0.4, -0.2) is 33.6 Å². The second-order valence-electron chi connectivity index (χ2n) is 4.68. The van der Waals surface area contributed by atoms with E-state index in [9.17, 15) is 9.90 Å². The summed E-state index contributed by atoms with van der Waals surface area (Å²) in [5, 5.41) is 16.2. The number of urea groups is 1. The molecule has 0 saturated heterocycles. The van der Waals surface area contributed by atoms with Gasteiger partial charge in [0.05, 0.1) is 17.4 Å². The normalized spacial score (nSPS) is 10.9. The summed E-state index contributed by atoms with van der Waals surface area (Å²) >= 11 is 0. The highest BCUT2D eigenvalue weighted by atomic mass is 35.5. The lowest BCUT2D eigenvalue weighted by Gasteiger charge is -2.07. The van der Waals surface area contributed by atoms with E-state index in [1.165, 1.54) is 4.68 Å². The molecule has 0 radical (unpaired) electrons. The van der Waals surface area contributed by atoms with Crippen LogP contribution in [0.3, 0.4) is 0 Å². The molecule has 2 amide bonds. The average Bonchev–Trinajstić information content (AvgIpc) is 2.74. The summed E-state index contributed by atoms with van der Waals surface area (Å²) in [5.41, 5.74) is 6.60. The lowest BCUT2D eigenvalue weighted by Crippen LogP contribution is -2.21. The molecule has 2 aromatic rings. The third-order valence-electron chi connectivity index (χ3n) is 2.78. The van der Waals surface area contributed by atoms with Crippen molar-refractivity contribution in [1.82, 2.24) is 9.78 Å². The summed E-state index contributed by atoms with van der Waals surface area (Å²) in [6.45, 7) is 3.49. The first-order valence-electron chi connectivity index (χ1n) is 6.51. The number of aliphatic hydroxyl groups excluding tert-OH is 1. The molecule has 0 aliphatic heterocycles. The fourth-order valence-electron chi connectivity index (χ4n) is 1.83. The van der Waals surface area contributed by atoms with E-state index in [-0.39, 0.29) is 31.4 Å². The van der Waals surface area contributed by atoms with Gasteiger partial charge >= 0.3 is 6.03 Å². The second kappa shape index (κ2) is 9.24. The number of amides is 2. The zero-order valence-electron chi connectivity index (χ0n) is 12.7. The number of ether oxygens (including phenoxy) is 1. The van der Waals surface area contributed by atoms with Gasteiger partial charge in [-0.25, -0.2) is 9.48 Å². The Morgan fingerprint density at radius 1 is 1.39 bits per heavy atom. The quantitative estimate of drug-likeness (QED) is 0.758. The summed E-state index contributed by atoms with van der Waals surface area (Å²) in [6.07, 6.45) is -0.612. The molecule has 1 heterocycles. The third kappa shape index (κ3) is 5.31. The van der Waals surface area contributed by atoms with Crippen molar-refractivity contribution in [2.45, 2.75) is 20.0 Å². The molecule has 9 heteroatoms. The van der Waals surface area contributed by atoms with E-state index in [4.69, 9.17) is 10.5 Å². The van der Waals surface area contributed by atoms with Crippen LogP contribution in [0.15, 0.2) is 30.3 Å². The number of hydrogen-bond donors (Lipinski definition) is 3. The van der Waals surface area contributed by atoms with E-state index in [0.717, 1.165) is 5.69 Å². The maximum absolute atomic E-state index is 11.2. The molecule has 0 bridgehead atoms. The summed E-state index contributed by atoms with van der Waals surface area (Å²) in [7, 11) is 0. The number of nitrogens with two attached hydrogens (primary N) is 1. The molecule has 4 N–H and O–H groups in total. The number of para-hydroxylation sites is 1. The maximum Gasteiger partial charge on any atom is 0.317 e. The molecule has 0 aliphatic carbocycles. The molecule has 2 rings (SSSR count). The van der Waals surface area contributed by atoms with Crippen LogP contribution in [0.25, 0.3) is 5.69 Å². The first kappa shape index (κ1) is 21.0. The van der Waals surface area contributed by atoms with E-state index in [1.54, 1.807) is 13.8 Å². The van der Waals surface area contributed by atoms with Gasteiger partial charge < -0.3 is 15.6 Å². The molecule has 7 nitrogen and oxygen atoms in total. The Balaban J connectivity index is 0.00000242. The Morgan fingerprint density at radius 3 is 2.52 bits per heavy atom. The van der Waals surface area contributed by atoms with Crippen molar-refractivity contribution in [1.29, 1.82) is 0 Å². The van der Waals surface area contributed by atoms with E-state index in [2.05, 4.69) is 10.4 Å². The monoisotopic (exact) mass is 362 g/mol. The first-order valence-corrected chi connectivity index (χ1v) is 6.51. The molecule has 1 aromatic carbocycles. The van der Waals surface area contributed by atoms with E-state index in [0.29, 0.717) is 17.3 Å². The van der Waals surface area contributed by atoms with Crippen molar-refractivity contribution in [3.05, 3.63) is 35.9 Å². The number of anilines is 1. The van der Waals surface area contributed by atoms with Crippen LogP contribution in [0.4, 0.5) is 10.6 Å². The Kier molecular flexibility index (Phi) is 8.45. The minimum Gasteiger partial charge on any atom is -0.474 e. The topological polar surface area (TPSA) is 102 Å². The van der Waals surface area contributed by atoms with Crippen LogP contribution in [-0.2, 0) is 0 Å². The Labute approximate surface area is 146 Å². The number of halogens is 2. The second-order valence-corrected chi connectivity index (χ2v) is 4.68. The molecule has 0 spiro atoms. The van der Waals surface area contributed by atoms with Gasteiger partial charge in [-0.05, 0) is 26.0 Å². The Bertz CT molecular complexity index is 632. The lowest BCUT2D eigenvalue weighted by atomic mass is 10.3. The number of nitrogens with one attached hydrogen (secondary N) is 1. The minimum atomic E-state index is -0.683. The van der Waals surface area contributed by atoms with Gasteiger partial charge in [0.1, 0.15) is 12.4 Å². The highest BCUT2D eigenvalue weighted by Gasteiger charge is 2.18.